The van der Waals surface area contributed by atoms with Gasteiger partial charge in [-0.1, -0.05) is 0 Å². The highest BCUT2D eigenvalue weighted by molar-refractivity contribution is 5.71. The lowest BCUT2D eigenvalue weighted by molar-refractivity contribution is 0.778. The third kappa shape index (κ3) is 2.17. The Bertz CT molecular complexity index is 719. The van der Waals surface area contributed by atoms with E-state index in [1.54, 1.807) is 23.3 Å². The molecule has 3 aromatic heterocycles. The molecule has 0 saturated heterocycles. The Labute approximate surface area is 109 Å². The molecule has 3 rings (SSSR count). The van der Waals surface area contributed by atoms with Gasteiger partial charge in [0.25, 0.3) is 0 Å². The minimum Gasteiger partial charge on any atom is -0.384 e. The Morgan fingerprint density at radius 1 is 1.26 bits per heavy atom. The van der Waals surface area contributed by atoms with Crippen molar-refractivity contribution in [3.05, 3.63) is 36.3 Å². The SMILES string of the molecule is Cn1ncc(CNc2ccc3nccnc3n2)c1N. The first kappa shape index (κ1) is 11.4. The van der Waals surface area contributed by atoms with E-state index in [0.29, 0.717) is 18.0 Å². The summed E-state index contributed by atoms with van der Waals surface area (Å²) in [5, 5.41) is 7.28. The largest absolute Gasteiger partial charge is 0.384 e. The molecule has 0 aliphatic carbocycles. The minimum absolute atomic E-state index is 0.568. The van der Waals surface area contributed by atoms with Crippen LogP contribution in [0.3, 0.4) is 0 Å². The van der Waals surface area contributed by atoms with Crippen LogP contribution in [0.5, 0.6) is 0 Å². The van der Waals surface area contributed by atoms with Gasteiger partial charge >= 0.3 is 0 Å². The van der Waals surface area contributed by atoms with Crippen LogP contribution in [0, 0.1) is 0 Å². The molecule has 0 unspecified atom stereocenters. The zero-order chi connectivity index (χ0) is 13.2. The van der Waals surface area contributed by atoms with Crippen molar-refractivity contribution in [2.75, 3.05) is 11.1 Å². The molecule has 0 aromatic carbocycles. The van der Waals surface area contributed by atoms with Gasteiger partial charge in [-0.3, -0.25) is 9.67 Å². The molecule has 0 aliphatic heterocycles. The highest BCUT2D eigenvalue weighted by Gasteiger charge is 2.05. The molecular formula is C12H13N7. The second-order valence-electron chi connectivity index (χ2n) is 4.13. The summed E-state index contributed by atoms with van der Waals surface area (Å²) >= 11 is 0. The first-order valence-electron chi connectivity index (χ1n) is 5.82. The van der Waals surface area contributed by atoms with Crippen molar-refractivity contribution < 1.29 is 0 Å². The number of hydrogen-bond acceptors (Lipinski definition) is 6. The summed E-state index contributed by atoms with van der Waals surface area (Å²) in [4.78, 5) is 12.7. The monoisotopic (exact) mass is 255 g/mol. The van der Waals surface area contributed by atoms with E-state index in [-0.39, 0.29) is 0 Å². The number of aryl methyl sites for hydroxylation is 1. The molecule has 0 saturated carbocycles. The number of hydrogen-bond donors (Lipinski definition) is 2. The number of nitrogens with one attached hydrogen (secondary N) is 1. The second-order valence-corrected chi connectivity index (χ2v) is 4.13. The van der Waals surface area contributed by atoms with E-state index < -0.39 is 0 Å². The van der Waals surface area contributed by atoms with Crippen LogP contribution in [0.25, 0.3) is 11.2 Å². The van der Waals surface area contributed by atoms with Crippen LogP contribution >= 0.6 is 0 Å². The highest BCUT2D eigenvalue weighted by Crippen LogP contribution is 2.14. The van der Waals surface area contributed by atoms with Crippen LogP contribution < -0.4 is 11.1 Å². The van der Waals surface area contributed by atoms with E-state index in [1.165, 1.54) is 0 Å². The summed E-state index contributed by atoms with van der Waals surface area (Å²) in [7, 11) is 1.81. The van der Waals surface area contributed by atoms with Crippen LogP contribution in [-0.2, 0) is 13.6 Å². The fourth-order valence-corrected chi connectivity index (χ4v) is 1.77. The van der Waals surface area contributed by atoms with Crippen molar-refractivity contribution in [2.24, 2.45) is 7.05 Å². The number of nitrogens with two attached hydrogens (primary N) is 1. The molecule has 0 fully saturated rings. The van der Waals surface area contributed by atoms with Gasteiger partial charge in [0.2, 0.25) is 0 Å². The van der Waals surface area contributed by atoms with Crippen molar-refractivity contribution in [2.45, 2.75) is 6.54 Å². The van der Waals surface area contributed by atoms with E-state index in [4.69, 9.17) is 5.73 Å². The fourth-order valence-electron chi connectivity index (χ4n) is 1.77. The quantitative estimate of drug-likeness (QED) is 0.723. The number of rotatable bonds is 3. The van der Waals surface area contributed by atoms with Crippen LogP contribution in [0.4, 0.5) is 11.6 Å². The predicted octanol–water partition coefficient (Wildman–Crippen LogP) is 0.953. The van der Waals surface area contributed by atoms with Gasteiger partial charge < -0.3 is 11.1 Å². The molecular weight excluding hydrogens is 242 g/mol. The fraction of sp³-hybridized carbons (Fsp3) is 0.167. The molecule has 0 spiro atoms. The maximum atomic E-state index is 5.87. The predicted molar refractivity (Wildman–Crippen MR) is 72.3 cm³/mol. The second kappa shape index (κ2) is 4.52. The first-order chi connectivity index (χ1) is 9.24. The van der Waals surface area contributed by atoms with E-state index in [9.17, 15) is 0 Å². The topological polar surface area (TPSA) is 94.5 Å². The Kier molecular flexibility index (Phi) is 2.71. The van der Waals surface area contributed by atoms with Gasteiger partial charge in [0.15, 0.2) is 5.65 Å². The highest BCUT2D eigenvalue weighted by atomic mass is 15.3. The van der Waals surface area contributed by atoms with Crippen molar-refractivity contribution in [3.8, 4) is 0 Å². The summed E-state index contributed by atoms with van der Waals surface area (Å²) in [6.07, 6.45) is 5.01. The molecule has 0 aliphatic rings. The van der Waals surface area contributed by atoms with Crippen molar-refractivity contribution in [3.63, 3.8) is 0 Å². The minimum atomic E-state index is 0.568. The molecule has 7 nitrogen and oxygen atoms in total. The number of nitrogen functional groups attached to an aromatic ring is 1. The molecule has 7 heteroatoms. The van der Waals surface area contributed by atoms with Gasteiger partial charge in [-0.15, -0.1) is 0 Å². The molecule has 0 bridgehead atoms. The molecule has 19 heavy (non-hydrogen) atoms. The Morgan fingerprint density at radius 3 is 2.89 bits per heavy atom. The number of nitrogens with zero attached hydrogens (tertiary/aromatic N) is 5. The standard InChI is InChI=1S/C12H13N7/c1-19-11(13)8(7-17-19)6-16-10-3-2-9-12(18-10)15-5-4-14-9/h2-5,7H,6,13H2,1H3,(H,15,16,18). The van der Waals surface area contributed by atoms with Crippen LogP contribution in [-0.4, -0.2) is 24.7 Å². The van der Waals surface area contributed by atoms with Gasteiger partial charge in [-0.05, 0) is 12.1 Å². The summed E-state index contributed by atoms with van der Waals surface area (Å²) < 4.78 is 1.64. The lowest BCUT2D eigenvalue weighted by Crippen LogP contribution is -2.05. The number of fused-ring (bicyclic) bond motifs is 1. The summed E-state index contributed by atoms with van der Waals surface area (Å²) in [6.45, 7) is 0.568. The maximum Gasteiger partial charge on any atom is 0.180 e. The van der Waals surface area contributed by atoms with E-state index in [1.807, 2.05) is 19.2 Å². The summed E-state index contributed by atoms with van der Waals surface area (Å²) in [6, 6.07) is 3.74. The van der Waals surface area contributed by atoms with Crippen molar-refractivity contribution in [1.29, 1.82) is 0 Å². The Hall–Kier alpha value is -2.70. The third-order valence-electron chi connectivity index (χ3n) is 2.86. The van der Waals surface area contributed by atoms with Crippen LogP contribution in [0.1, 0.15) is 5.56 Å². The smallest absolute Gasteiger partial charge is 0.180 e. The van der Waals surface area contributed by atoms with Gasteiger partial charge in [0.05, 0.1) is 6.20 Å². The van der Waals surface area contributed by atoms with Gasteiger partial charge in [0.1, 0.15) is 17.2 Å². The van der Waals surface area contributed by atoms with Crippen molar-refractivity contribution >= 4 is 22.8 Å². The average molecular weight is 255 g/mol. The summed E-state index contributed by atoms with van der Waals surface area (Å²) in [5.41, 5.74) is 8.20. The van der Waals surface area contributed by atoms with E-state index in [2.05, 4.69) is 25.4 Å². The Balaban J connectivity index is 1.80. The van der Waals surface area contributed by atoms with Crippen LogP contribution in [0.15, 0.2) is 30.7 Å². The summed E-state index contributed by atoms with van der Waals surface area (Å²) in [5.74, 6) is 1.38. The van der Waals surface area contributed by atoms with Crippen LogP contribution in [0.2, 0.25) is 0 Å². The molecule has 3 N–H and O–H groups in total. The van der Waals surface area contributed by atoms with Gasteiger partial charge in [-0.25, -0.2) is 9.97 Å². The molecule has 96 valence electrons. The Morgan fingerprint density at radius 2 is 2.11 bits per heavy atom. The van der Waals surface area contributed by atoms with E-state index in [0.717, 1.165) is 16.9 Å². The zero-order valence-corrected chi connectivity index (χ0v) is 10.4. The number of anilines is 2. The number of aromatic nitrogens is 5. The zero-order valence-electron chi connectivity index (χ0n) is 10.4. The van der Waals surface area contributed by atoms with Gasteiger partial charge in [0, 0.05) is 31.5 Å². The maximum absolute atomic E-state index is 5.87. The number of pyridine rings is 1. The molecule has 0 amide bonds. The molecule has 3 heterocycles. The van der Waals surface area contributed by atoms with E-state index >= 15 is 0 Å². The molecule has 0 atom stereocenters. The van der Waals surface area contributed by atoms with Gasteiger partial charge in [-0.2, -0.15) is 5.10 Å². The molecule has 3 aromatic rings. The lowest BCUT2D eigenvalue weighted by Gasteiger charge is -2.05. The first-order valence-corrected chi connectivity index (χ1v) is 5.82. The molecule has 0 radical (unpaired) electrons. The normalized spacial score (nSPS) is 10.8. The van der Waals surface area contributed by atoms with Crippen molar-refractivity contribution in [1.82, 2.24) is 24.7 Å². The lowest BCUT2D eigenvalue weighted by atomic mass is 10.3. The average Bonchev–Trinajstić information content (AvgIpc) is 2.76. The third-order valence-corrected chi connectivity index (χ3v) is 2.86.